The predicted molar refractivity (Wildman–Crippen MR) is 86.3 cm³/mol. The van der Waals surface area contributed by atoms with E-state index in [1.165, 1.54) is 33.7 Å². The van der Waals surface area contributed by atoms with Gasteiger partial charge in [0.1, 0.15) is 0 Å². The number of benzene rings is 1. The molecule has 0 saturated carbocycles. The second-order valence-corrected chi connectivity index (χ2v) is 6.42. The predicted octanol–water partition coefficient (Wildman–Crippen LogP) is 3.58. The first-order valence-electron chi connectivity index (χ1n) is 8.23. The highest BCUT2D eigenvalue weighted by Gasteiger charge is 2.50. The van der Waals surface area contributed by atoms with E-state index in [4.69, 9.17) is 0 Å². The molecule has 1 heterocycles. The molecule has 1 aliphatic heterocycles. The van der Waals surface area contributed by atoms with Crippen LogP contribution in [0.3, 0.4) is 0 Å². The second kappa shape index (κ2) is 5.38. The van der Waals surface area contributed by atoms with E-state index < -0.39 is 0 Å². The van der Waals surface area contributed by atoms with E-state index in [0.717, 1.165) is 25.7 Å². The van der Waals surface area contributed by atoms with Crippen molar-refractivity contribution < 1.29 is 9.59 Å². The van der Waals surface area contributed by atoms with E-state index in [1.54, 1.807) is 0 Å². The van der Waals surface area contributed by atoms with Crippen LogP contribution in [0.4, 0.5) is 0 Å². The zero-order valence-electron chi connectivity index (χ0n) is 13.6. The molecule has 0 unspecified atom stereocenters. The lowest BCUT2D eigenvalue weighted by Crippen LogP contribution is -2.42. The Hall–Kier alpha value is -1.90. The first-order chi connectivity index (χ1) is 10.6. The first kappa shape index (κ1) is 15.0. The van der Waals surface area contributed by atoms with E-state index in [9.17, 15) is 9.59 Å². The van der Waals surface area contributed by atoms with Crippen molar-refractivity contribution in [3.8, 4) is 0 Å². The number of hydrogen-bond acceptors (Lipinski definition) is 2. The van der Waals surface area contributed by atoms with E-state index in [1.807, 2.05) is 0 Å². The highest BCUT2D eigenvalue weighted by atomic mass is 16.2. The molecule has 0 radical (unpaired) electrons. The van der Waals surface area contributed by atoms with Gasteiger partial charge in [-0.2, -0.15) is 0 Å². The molecule has 116 valence electrons. The fourth-order valence-electron chi connectivity index (χ4n) is 4.05. The van der Waals surface area contributed by atoms with E-state index in [0.29, 0.717) is 0 Å². The Morgan fingerprint density at radius 2 is 1.73 bits per heavy atom. The average molecular weight is 297 g/mol. The minimum Gasteiger partial charge on any atom is -0.269 e. The number of fused-ring (bicyclic) bond motifs is 1. The Morgan fingerprint density at radius 1 is 1.09 bits per heavy atom. The third-order valence-electron chi connectivity index (χ3n) is 5.55. The van der Waals surface area contributed by atoms with Gasteiger partial charge in [0.2, 0.25) is 0 Å². The Kier molecular flexibility index (Phi) is 3.67. The molecular formula is C19H23NO2. The number of hydrogen-bond donors (Lipinski definition) is 0. The molecule has 1 aromatic carbocycles. The topological polar surface area (TPSA) is 37.4 Å². The molecule has 0 saturated heterocycles. The summed E-state index contributed by atoms with van der Waals surface area (Å²) < 4.78 is 0. The molecule has 0 fully saturated rings. The molecule has 0 N–H and O–H groups in total. The van der Waals surface area contributed by atoms with Gasteiger partial charge in [0.15, 0.2) is 0 Å². The maximum atomic E-state index is 12.3. The molecule has 0 aromatic heterocycles. The molecule has 2 amide bonds. The molecule has 22 heavy (non-hydrogen) atoms. The highest BCUT2D eigenvalue weighted by molar-refractivity contribution is 6.13. The van der Waals surface area contributed by atoms with Crippen LogP contribution in [0, 0.1) is 5.41 Å². The van der Waals surface area contributed by atoms with Crippen molar-refractivity contribution in [1.29, 1.82) is 0 Å². The molecule has 0 spiro atoms. The molecule has 3 nitrogen and oxygen atoms in total. The van der Waals surface area contributed by atoms with Crippen LogP contribution in [0.2, 0.25) is 0 Å². The minimum absolute atomic E-state index is 0.0357. The van der Waals surface area contributed by atoms with Crippen LogP contribution < -0.4 is 0 Å². The van der Waals surface area contributed by atoms with Gasteiger partial charge in [-0.15, -0.1) is 0 Å². The van der Waals surface area contributed by atoms with Crippen molar-refractivity contribution in [2.45, 2.75) is 52.5 Å². The van der Waals surface area contributed by atoms with Crippen molar-refractivity contribution in [3.05, 3.63) is 47.0 Å². The summed E-state index contributed by atoms with van der Waals surface area (Å²) in [5.74, 6) is -0.341. The van der Waals surface area contributed by atoms with Gasteiger partial charge < -0.3 is 0 Å². The largest absolute Gasteiger partial charge is 0.269 e. The fraction of sp³-hybridized carbons (Fsp3) is 0.474. The first-order valence-corrected chi connectivity index (χ1v) is 8.23. The normalized spacial score (nSPS) is 22.5. The molecule has 1 atom stereocenters. The van der Waals surface area contributed by atoms with Gasteiger partial charge >= 0.3 is 0 Å². The van der Waals surface area contributed by atoms with Crippen LogP contribution in [0.5, 0.6) is 0 Å². The maximum absolute atomic E-state index is 12.3. The van der Waals surface area contributed by atoms with Crippen LogP contribution in [0.25, 0.3) is 0 Å². The minimum atomic E-state index is -0.170. The van der Waals surface area contributed by atoms with Crippen molar-refractivity contribution in [2.75, 3.05) is 0 Å². The summed E-state index contributed by atoms with van der Waals surface area (Å²) in [4.78, 5) is 26.0. The van der Waals surface area contributed by atoms with Crippen LogP contribution in [-0.2, 0) is 22.4 Å². The number of imide groups is 1. The highest BCUT2D eigenvalue weighted by Crippen LogP contribution is 2.54. The van der Waals surface area contributed by atoms with E-state index >= 15 is 0 Å². The van der Waals surface area contributed by atoms with Crippen LogP contribution >= 0.6 is 0 Å². The van der Waals surface area contributed by atoms with Gasteiger partial charge in [0.05, 0.1) is 6.04 Å². The number of amides is 2. The van der Waals surface area contributed by atoms with Crippen molar-refractivity contribution >= 4 is 11.8 Å². The Labute approximate surface area is 132 Å². The van der Waals surface area contributed by atoms with Gasteiger partial charge in [-0.1, -0.05) is 39.0 Å². The molecule has 1 aromatic rings. The molecular weight excluding hydrogens is 274 g/mol. The number of rotatable bonds is 4. The lowest BCUT2D eigenvalue weighted by molar-refractivity contribution is -0.143. The lowest BCUT2D eigenvalue weighted by Gasteiger charge is -2.38. The number of aryl methyl sites for hydroxylation is 1. The van der Waals surface area contributed by atoms with Crippen molar-refractivity contribution in [1.82, 2.24) is 4.90 Å². The summed E-state index contributed by atoms with van der Waals surface area (Å²) >= 11 is 0. The van der Waals surface area contributed by atoms with Gasteiger partial charge in [-0.05, 0) is 47.8 Å². The summed E-state index contributed by atoms with van der Waals surface area (Å²) in [6.45, 7) is 6.47. The van der Waals surface area contributed by atoms with Gasteiger partial charge in [0.25, 0.3) is 11.8 Å². The molecule has 1 aliphatic carbocycles. The quantitative estimate of drug-likeness (QED) is 0.797. The summed E-state index contributed by atoms with van der Waals surface area (Å²) in [6, 6.07) is 6.43. The van der Waals surface area contributed by atoms with E-state index in [2.05, 4.69) is 39.0 Å². The molecule has 3 rings (SSSR count). The third-order valence-corrected chi connectivity index (χ3v) is 5.55. The van der Waals surface area contributed by atoms with Crippen LogP contribution in [-0.4, -0.2) is 16.7 Å². The molecule has 3 heteroatoms. The summed E-state index contributed by atoms with van der Waals surface area (Å²) in [7, 11) is 0. The van der Waals surface area contributed by atoms with Crippen LogP contribution in [0.1, 0.15) is 56.3 Å². The van der Waals surface area contributed by atoms with Gasteiger partial charge in [0, 0.05) is 12.2 Å². The number of nitrogens with zero attached hydrogens (tertiary/aromatic N) is 1. The van der Waals surface area contributed by atoms with E-state index in [-0.39, 0.29) is 23.3 Å². The molecule has 0 bridgehead atoms. The lowest BCUT2D eigenvalue weighted by atomic mass is 9.75. The standard InChI is InChI=1S/C19H23NO2/c1-4-13-7-8-14-12-19(5-2,6-3)18(15(14)11-13)20-16(21)9-10-17(20)22/h7-11,18H,4-6,12H2,1-3H3/t18-/m1/s1. The second-order valence-electron chi connectivity index (χ2n) is 6.42. The number of carbonyl (C=O) groups excluding carboxylic acids is 2. The Morgan fingerprint density at radius 3 is 2.27 bits per heavy atom. The van der Waals surface area contributed by atoms with Crippen molar-refractivity contribution in [3.63, 3.8) is 0 Å². The van der Waals surface area contributed by atoms with Crippen molar-refractivity contribution in [2.24, 2.45) is 5.41 Å². The average Bonchev–Trinajstić information content (AvgIpc) is 3.03. The zero-order chi connectivity index (χ0) is 15.9. The molecule has 2 aliphatic rings. The maximum Gasteiger partial charge on any atom is 0.254 e. The van der Waals surface area contributed by atoms with Crippen LogP contribution in [0.15, 0.2) is 30.4 Å². The Bertz CT molecular complexity index is 637. The monoisotopic (exact) mass is 297 g/mol. The summed E-state index contributed by atoms with van der Waals surface area (Å²) in [5, 5.41) is 0. The van der Waals surface area contributed by atoms with Gasteiger partial charge in [-0.25, -0.2) is 0 Å². The smallest absolute Gasteiger partial charge is 0.254 e. The summed E-state index contributed by atoms with van der Waals surface area (Å²) in [5.41, 5.74) is 3.69. The zero-order valence-corrected chi connectivity index (χ0v) is 13.6. The SMILES string of the molecule is CCc1ccc2c(c1)[C@@H](N1C(=O)C=CC1=O)C(CC)(CC)C2. The Balaban J connectivity index is 2.15. The number of carbonyl (C=O) groups is 2. The summed E-state index contributed by atoms with van der Waals surface area (Å²) in [6.07, 6.45) is 6.63. The van der Waals surface area contributed by atoms with Gasteiger partial charge in [-0.3, -0.25) is 14.5 Å². The third kappa shape index (κ3) is 2.03. The fourth-order valence-corrected chi connectivity index (χ4v) is 4.05.